The summed E-state index contributed by atoms with van der Waals surface area (Å²) in [7, 11) is 1.64. The van der Waals surface area contributed by atoms with Crippen LogP contribution in [-0.4, -0.2) is 39.4 Å². The van der Waals surface area contributed by atoms with Gasteiger partial charge in [-0.25, -0.2) is 0 Å². The first-order chi connectivity index (χ1) is 8.72. The molecule has 0 bridgehead atoms. The summed E-state index contributed by atoms with van der Waals surface area (Å²) in [4.78, 5) is 0. The minimum atomic E-state index is 0.162. The Morgan fingerprint density at radius 1 is 1.11 bits per heavy atom. The molecule has 1 aromatic rings. The number of nitrogens with two attached hydrogens (primary N) is 1. The van der Waals surface area contributed by atoms with Gasteiger partial charge in [0.1, 0.15) is 12.4 Å². The van der Waals surface area contributed by atoms with Gasteiger partial charge in [-0.2, -0.15) is 0 Å². The highest BCUT2D eigenvalue weighted by molar-refractivity contribution is 5.79. The standard InChI is InChI=1S/C13H20N2O3/c1-16-6-7-17-8-9-18-12-4-2-11(3-5-12)10-13(14)15/h2-5H,6-10H2,1H3,(H3,14,15). The van der Waals surface area contributed by atoms with Gasteiger partial charge in [0, 0.05) is 13.5 Å². The molecule has 0 aliphatic rings. The molecule has 0 atom stereocenters. The zero-order valence-corrected chi connectivity index (χ0v) is 10.6. The minimum Gasteiger partial charge on any atom is -0.491 e. The van der Waals surface area contributed by atoms with Gasteiger partial charge in [-0.05, 0) is 17.7 Å². The molecule has 0 amide bonds. The largest absolute Gasteiger partial charge is 0.491 e. The molecular weight excluding hydrogens is 232 g/mol. The molecule has 1 rings (SSSR count). The summed E-state index contributed by atoms with van der Waals surface area (Å²) in [6.07, 6.45) is 0.473. The lowest BCUT2D eigenvalue weighted by Crippen LogP contribution is -2.12. The number of nitrogens with one attached hydrogen (secondary N) is 1. The van der Waals surface area contributed by atoms with E-state index in [9.17, 15) is 0 Å². The van der Waals surface area contributed by atoms with Gasteiger partial charge in [0.25, 0.3) is 0 Å². The smallest absolute Gasteiger partial charge is 0.119 e. The van der Waals surface area contributed by atoms with E-state index in [1.807, 2.05) is 24.3 Å². The van der Waals surface area contributed by atoms with E-state index in [1.165, 1.54) is 0 Å². The number of benzene rings is 1. The normalized spacial score (nSPS) is 10.3. The van der Waals surface area contributed by atoms with Crippen molar-refractivity contribution in [1.29, 1.82) is 5.41 Å². The van der Waals surface area contributed by atoms with Crippen molar-refractivity contribution in [3.05, 3.63) is 29.8 Å². The SMILES string of the molecule is COCCOCCOc1ccc(CC(=N)N)cc1. The Morgan fingerprint density at radius 3 is 2.39 bits per heavy atom. The summed E-state index contributed by atoms with van der Waals surface area (Å²) in [6.45, 7) is 2.23. The summed E-state index contributed by atoms with van der Waals surface area (Å²) in [5.74, 6) is 0.952. The van der Waals surface area contributed by atoms with E-state index in [0.29, 0.717) is 32.8 Å². The third-order valence-electron chi connectivity index (χ3n) is 2.25. The third-order valence-corrected chi connectivity index (χ3v) is 2.25. The number of ether oxygens (including phenoxy) is 3. The molecule has 0 unspecified atom stereocenters. The van der Waals surface area contributed by atoms with Crippen LogP contribution in [0.3, 0.4) is 0 Å². The predicted molar refractivity (Wildman–Crippen MR) is 70.3 cm³/mol. The van der Waals surface area contributed by atoms with E-state index in [4.69, 9.17) is 25.4 Å². The Morgan fingerprint density at radius 2 is 1.78 bits per heavy atom. The first kappa shape index (κ1) is 14.5. The summed E-state index contributed by atoms with van der Waals surface area (Å²) >= 11 is 0. The second-order valence-corrected chi connectivity index (χ2v) is 3.80. The molecule has 0 saturated heterocycles. The van der Waals surface area contributed by atoms with Gasteiger partial charge in [0.2, 0.25) is 0 Å². The van der Waals surface area contributed by atoms with Crippen LogP contribution in [0.5, 0.6) is 5.75 Å². The number of hydrogen-bond donors (Lipinski definition) is 2. The molecule has 3 N–H and O–H groups in total. The maximum atomic E-state index is 7.20. The van der Waals surface area contributed by atoms with Crippen LogP contribution in [0.15, 0.2) is 24.3 Å². The molecule has 0 radical (unpaired) electrons. The van der Waals surface area contributed by atoms with Crippen molar-refractivity contribution in [2.24, 2.45) is 5.73 Å². The second-order valence-electron chi connectivity index (χ2n) is 3.80. The summed E-state index contributed by atoms with van der Waals surface area (Å²) in [5, 5.41) is 7.20. The Bertz CT molecular complexity index is 352. The molecule has 18 heavy (non-hydrogen) atoms. The predicted octanol–water partition coefficient (Wildman–Crippen LogP) is 1.21. The highest BCUT2D eigenvalue weighted by Crippen LogP contribution is 2.12. The van der Waals surface area contributed by atoms with Crippen LogP contribution in [0.25, 0.3) is 0 Å². The van der Waals surface area contributed by atoms with E-state index in [-0.39, 0.29) is 5.84 Å². The first-order valence-electron chi connectivity index (χ1n) is 5.83. The lowest BCUT2D eigenvalue weighted by atomic mass is 10.1. The lowest BCUT2D eigenvalue weighted by molar-refractivity contribution is 0.0544. The Hall–Kier alpha value is -1.59. The van der Waals surface area contributed by atoms with Gasteiger partial charge in [0.15, 0.2) is 0 Å². The number of rotatable bonds is 9. The van der Waals surface area contributed by atoms with E-state index in [2.05, 4.69) is 0 Å². The minimum absolute atomic E-state index is 0.162. The Balaban J connectivity index is 2.20. The highest BCUT2D eigenvalue weighted by atomic mass is 16.5. The van der Waals surface area contributed by atoms with Crippen LogP contribution < -0.4 is 10.5 Å². The zero-order valence-electron chi connectivity index (χ0n) is 10.6. The van der Waals surface area contributed by atoms with Gasteiger partial charge < -0.3 is 19.9 Å². The van der Waals surface area contributed by atoms with Crippen LogP contribution in [0.1, 0.15) is 5.56 Å². The number of methoxy groups -OCH3 is 1. The van der Waals surface area contributed by atoms with Crippen LogP contribution in [0, 0.1) is 5.41 Å². The van der Waals surface area contributed by atoms with Gasteiger partial charge in [-0.1, -0.05) is 12.1 Å². The van der Waals surface area contributed by atoms with Crippen molar-refractivity contribution in [1.82, 2.24) is 0 Å². The topological polar surface area (TPSA) is 77.6 Å². The molecule has 0 fully saturated rings. The average Bonchev–Trinajstić information content (AvgIpc) is 2.35. The van der Waals surface area contributed by atoms with E-state index in [1.54, 1.807) is 7.11 Å². The van der Waals surface area contributed by atoms with Crippen LogP contribution >= 0.6 is 0 Å². The zero-order chi connectivity index (χ0) is 13.2. The molecular formula is C13H20N2O3. The van der Waals surface area contributed by atoms with Crippen LogP contribution in [0.4, 0.5) is 0 Å². The second kappa shape index (κ2) is 8.49. The van der Waals surface area contributed by atoms with Gasteiger partial charge in [0.05, 0.1) is 25.7 Å². The molecule has 0 saturated carbocycles. The van der Waals surface area contributed by atoms with Crippen molar-refractivity contribution in [3.8, 4) is 5.75 Å². The quantitative estimate of drug-likeness (QED) is 0.393. The van der Waals surface area contributed by atoms with Gasteiger partial charge in [-0.3, -0.25) is 5.41 Å². The lowest BCUT2D eigenvalue weighted by Gasteiger charge is -2.07. The van der Waals surface area contributed by atoms with Crippen molar-refractivity contribution < 1.29 is 14.2 Å². The molecule has 0 aliphatic carbocycles. The maximum Gasteiger partial charge on any atom is 0.119 e. The van der Waals surface area contributed by atoms with Gasteiger partial charge >= 0.3 is 0 Å². The van der Waals surface area contributed by atoms with Crippen molar-refractivity contribution in [3.63, 3.8) is 0 Å². The molecule has 0 aromatic heterocycles. The highest BCUT2D eigenvalue weighted by Gasteiger charge is 1.97. The fraction of sp³-hybridized carbons (Fsp3) is 0.462. The molecule has 0 heterocycles. The van der Waals surface area contributed by atoms with E-state index >= 15 is 0 Å². The molecule has 5 heteroatoms. The molecule has 5 nitrogen and oxygen atoms in total. The third kappa shape index (κ3) is 6.22. The monoisotopic (exact) mass is 252 g/mol. The maximum absolute atomic E-state index is 7.20. The van der Waals surface area contributed by atoms with E-state index in [0.717, 1.165) is 11.3 Å². The molecule has 0 aliphatic heterocycles. The Kier molecular flexibility index (Phi) is 6.83. The fourth-order valence-electron chi connectivity index (χ4n) is 1.39. The van der Waals surface area contributed by atoms with E-state index < -0.39 is 0 Å². The molecule has 0 spiro atoms. The molecule has 1 aromatic carbocycles. The summed E-state index contributed by atoms with van der Waals surface area (Å²) in [5.41, 5.74) is 6.33. The fourth-order valence-corrected chi connectivity index (χ4v) is 1.39. The van der Waals surface area contributed by atoms with Crippen molar-refractivity contribution in [2.75, 3.05) is 33.5 Å². The van der Waals surface area contributed by atoms with Crippen molar-refractivity contribution >= 4 is 5.84 Å². The van der Waals surface area contributed by atoms with Crippen molar-refractivity contribution in [2.45, 2.75) is 6.42 Å². The van der Waals surface area contributed by atoms with Gasteiger partial charge in [-0.15, -0.1) is 0 Å². The summed E-state index contributed by atoms with van der Waals surface area (Å²) < 4.78 is 15.6. The Labute approximate surface area is 107 Å². The molecule has 100 valence electrons. The number of amidine groups is 1. The summed E-state index contributed by atoms with van der Waals surface area (Å²) in [6, 6.07) is 7.55. The van der Waals surface area contributed by atoms with Crippen LogP contribution in [-0.2, 0) is 15.9 Å². The first-order valence-corrected chi connectivity index (χ1v) is 5.83. The number of hydrogen-bond acceptors (Lipinski definition) is 4. The van der Waals surface area contributed by atoms with Crippen LogP contribution in [0.2, 0.25) is 0 Å². The average molecular weight is 252 g/mol.